The van der Waals surface area contributed by atoms with Crippen LogP contribution in [0.25, 0.3) is 0 Å². The second-order valence-corrected chi connectivity index (χ2v) is 8.03. The van der Waals surface area contributed by atoms with Gasteiger partial charge in [0.05, 0.1) is 17.7 Å². The Hall–Kier alpha value is -2.60. The Morgan fingerprint density at radius 3 is 2.55 bits per heavy atom. The lowest BCUT2D eigenvalue weighted by molar-refractivity contribution is -0.137. The van der Waals surface area contributed by atoms with E-state index >= 15 is 0 Å². The van der Waals surface area contributed by atoms with Gasteiger partial charge < -0.3 is 19.1 Å². The average molecular weight is 398 g/mol. The predicted molar refractivity (Wildman–Crippen MR) is 112 cm³/mol. The maximum atomic E-state index is 13.4. The first kappa shape index (κ1) is 21.1. The number of furan rings is 1. The van der Waals surface area contributed by atoms with Crippen molar-refractivity contribution in [3.8, 4) is 0 Å². The lowest BCUT2D eigenvalue weighted by Gasteiger charge is -2.35. The van der Waals surface area contributed by atoms with Crippen LogP contribution in [0.15, 0.2) is 47.1 Å². The molecule has 2 aromatic rings. The van der Waals surface area contributed by atoms with Gasteiger partial charge in [-0.1, -0.05) is 30.3 Å². The molecule has 1 aromatic carbocycles. The molecule has 29 heavy (non-hydrogen) atoms. The number of likely N-dealkylation sites (tertiary alicyclic amines) is 1. The summed E-state index contributed by atoms with van der Waals surface area (Å²) in [4.78, 5) is 32.1. The van der Waals surface area contributed by atoms with Gasteiger partial charge in [-0.3, -0.25) is 9.59 Å². The van der Waals surface area contributed by atoms with Crippen molar-refractivity contribution in [3.05, 3.63) is 59.5 Å². The molecule has 2 heterocycles. The minimum absolute atomic E-state index is 0.0448. The molecule has 0 radical (unpaired) electrons. The summed E-state index contributed by atoms with van der Waals surface area (Å²) in [5, 5.41) is 0. The monoisotopic (exact) mass is 397 g/mol. The van der Waals surface area contributed by atoms with Crippen molar-refractivity contribution in [1.29, 1.82) is 0 Å². The first-order chi connectivity index (χ1) is 14.0. The molecule has 6 heteroatoms. The third-order valence-electron chi connectivity index (χ3n) is 5.49. The topological polar surface area (TPSA) is 57.0 Å². The SMILES string of the molecule is Cc1occc1C(=O)N1CCCC(C(=O)N(CCN(C)C)Cc2ccccc2)C1. The lowest BCUT2D eigenvalue weighted by atomic mass is 9.95. The fourth-order valence-corrected chi connectivity index (χ4v) is 3.79. The molecule has 0 saturated carbocycles. The van der Waals surface area contributed by atoms with E-state index in [4.69, 9.17) is 4.42 Å². The first-order valence-corrected chi connectivity index (χ1v) is 10.3. The molecule has 1 aliphatic rings. The average Bonchev–Trinajstić information content (AvgIpc) is 3.16. The van der Waals surface area contributed by atoms with Crippen molar-refractivity contribution >= 4 is 11.8 Å². The zero-order valence-corrected chi connectivity index (χ0v) is 17.6. The fourth-order valence-electron chi connectivity index (χ4n) is 3.79. The van der Waals surface area contributed by atoms with Crippen molar-refractivity contribution in [2.75, 3.05) is 40.3 Å². The summed E-state index contributed by atoms with van der Waals surface area (Å²) in [7, 11) is 4.03. The minimum Gasteiger partial charge on any atom is -0.469 e. The first-order valence-electron chi connectivity index (χ1n) is 10.3. The number of likely N-dealkylation sites (N-methyl/N-ethyl adjacent to an activating group) is 1. The van der Waals surface area contributed by atoms with Gasteiger partial charge in [-0.25, -0.2) is 0 Å². The Morgan fingerprint density at radius 1 is 1.14 bits per heavy atom. The smallest absolute Gasteiger partial charge is 0.257 e. The summed E-state index contributed by atoms with van der Waals surface area (Å²) in [5.74, 6) is 0.555. The molecule has 0 bridgehead atoms. The zero-order valence-electron chi connectivity index (χ0n) is 17.6. The summed E-state index contributed by atoms with van der Waals surface area (Å²) in [6.45, 7) is 5.02. The lowest BCUT2D eigenvalue weighted by Crippen LogP contribution is -2.47. The Balaban J connectivity index is 1.70. The Morgan fingerprint density at radius 2 is 1.90 bits per heavy atom. The van der Waals surface area contributed by atoms with Gasteiger partial charge in [-0.05, 0) is 45.5 Å². The molecule has 1 atom stereocenters. The molecule has 1 saturated heterocycles. The summed E-state index contributed by atoms with van der Waals surface area (Å²) in [6, 6.07) is 11.8. The van der Waals surface area contributed by atoms with E-state index in [2.05, 4.69) is 4.90 Å². The number of nitrogens with zero attached hydrogens (tertiary/aromatic N) is 3. The van der Waals surface area contributed by atoms with E-state index in [1.807, 2.05) is 49.3 Å². The molecule has 1 aliphatic heterocycles. The van der Waals surface area contributed by atoms with E-state index in [1.165, 1.54) is 6.26 Å². The molecule has 0 spiro atoms. The molecule has 0 aliphatic carbocycles. The Kier molecular flexibility index (Phi) is 7.09. The normalized spacial score (nSPS) is 16.8. The molecular formula is C23H31N3O3. The van der Waals surface area contributed by atoms with Crippen LogP contribution in [0.2, 0.25) is 0 Å². The van der Waals surface area contributed by atoms with Crippen molar-refractivity contribution in [2.24, 2.45) is 5.92 Å². The molecule has 1 unspecified atom stereocenters. The maximum Gasteiger partial charge on any atom is 0.257 e. The molecular weight excluding hydrogens is 366 g/mol. The Labute approximate surface area is 173 Å². The molecule has 1 fully saturated rings. The highest BCUT2D eigenvalue weighted by Gasteiger charge is 2.32. The summed E-state index contributed by atoms with van der Waals surface area (Å²) in [6.07, 6.45) is 3.20. The number of hydrogen-bond acceptors (Lipinski definition) is 4. The van der Waals surface area contributed by atoms with Crippen LogP contribution < -0.4 is 0 Å². The molecule has 1 aromatic heterocycles. The Bertz CT molecular complexity index is 816. The number of benzene rings is 1. The highest BCUT2D eigenvalue weighted by molar-refractivity contribution is 5.95. The van der Waals surface area contributed by atoms with Gasteiger partial charge >= 0.3 is 0 Å². The molecule has 6 nitrogen and oxygen atoms in total. The van der Waals surface area contributed by atoms with E-state index in [-0.39, 0.29) is 17.7 Å². The predicted octanol–water partition coefficient (Wildman–Crippen LogP) is 3.03. The second-order valence-electron chi connectivity index (χ2n) is 8.03. The van der Waals surface area contributed by atoms with Crippen LogP contribution in [0.1, 0.15) is 34.5 Å². The number of amides is 2. The molecule has 0 N–H and O–H groups in total. The highest BCUT2D eigenvalue weighted by Crippen LogP contribution is 2.23. The van der Waals surface area contributed by atoms with E-state index in [9.17, 15) is 9.59 Å². The van der Waals surface area contributed by atoms with Crippen LogP contribution in [0, 0.1) is 12.8 Å². The molecule has 3 rings (SSSR count). The third kappa shape index (κ3) is 5.48. The number of carbonyl (C=O) groups is 2. The number of piperidine rings is 1. The van der Waals surface area contributed by atoms with Gasteiger partial charge in [-0.2, -0.15) is 0 Å². The van der Waals surface area contributed by atoms with Crippen LogP contribution in [0.3, 0.4) is 0 Å². The zero-order chi connectivity index (χ0) is 20.8. The summed E-state index contributed by atoms with van der Waals surface area (Å²) in [5.41, 5.74) is 1.71. The van der Waals surface area contributed by atoms with E-state index < -0.39 is 0 Å². The molecule has 156 valence electrons. The van der Waals surface area contributed by atoms with Crippen molar-refractivity contribution in [2.45, 2.75) is 26.3 Å². The van der Waals surface area contributed by atoms with E-state index in [0.29, 0.717) is 37.5 Å². The van der Waals surface area contributed by atoms with Crippen molar-refractivity contribution in [1.82, 2.24) is 14.7 Å². The van der Waals surface area contributed by atoms with E-state index in [1.54, 1.807) is 17.9 Å². The minimum atomic E-state index is -0.161. The van der Waals surface area contributed by atoms with Gasteiger partial charge in [0.15, 0.2) is 0 Å². The number of rotatable bonds is 7. The number of hydrogen-bond donors (Lipinski definition) is 0. The quantitative estimate of drug-likeness (QED) is 0.721. The third-order valence-corrected chi connectivity index (χ3v) is 5.49. The molecule has 2 amide bonds. The van der Waals surface area contributed by atoms with Crippen molar-refractivity contribution < 1.29 is 14.0 Å². The highest BCUT2D eigenvalue weighted by atomic mass is 16.3. The standard InChI is InChI=1S/C23H31N3O3/c1-18-21(11-15-29-18)23(28)25-12-7-10-20(17-25)22(27)26(14-13-24(2)3)16-19-8-5-4-6-9-19/h4-6,8-9,11,15,20H,7,10,12-14,16-17H2,1-3H3. The summed E-state index contributed by atoms with van der Waals surface area (Å²) >= 11 is 0. The number of carbonyl (C=O) groups excluding carboxylic acids is 2. The second kappa shape index (κ2) is 9.74. The van der Waals surface area contributed by atoms with Gasteiger partial charge in [0, 0.05) is 32.7 Å². The largest absolute Gasteiger partial charge is 0.469 e. The van der Waals surface area contributed by atoms with Gasteiger partial charge in [0.2, 0.25) is 5.91 Å². The maximum absolute atomic E-state index is 13.4. The van der Waals surface area contributed by atoms with Gasteiger partial charge in [-0.15, -0.1) is 0 Å². The van der Waals surface area contributed by atoms with Gasteiger partial charge in [0.1, 0.15) is 5.76 Å². The van der Waals surface area contributed by atoms with Crippen LogP contribution in [-0.4, -0.2) is 66.8 Å². The number of aryl methyl sites for hydroxylation is 1. The van der Waals surface area contributed by atoms with Crippen LogP contribution in [0.5, 0.6) is 0 Å². The fraction of sp³-hybridized carbons (Fsp3) is 0.478. The summed E-state index contributed by atoms with van der Waals surface area (Å²) < 4.78 is 5.28. The van der Waals surface area contributed by atoms with E-state index in [0.717, 1.165) is 24.9 Å². The van der Waals surface area contributed by atoms with Crippen LogP contribution >= 0.6 is 0 Å². The van der Waals surface area contributed by atoms with Gasteiger partial charge in [0.25, 0.3) is 5.91 Å². The van der Waals surface area contributed by atoms with Crippen LogP contribution in [-0.2, 0) is 11.3 Å². The van der Waals surface area contributed by atoms with Crippen LogP contribution in [0.4, 0.5) is 0 Å². The van der Waals surface area contributed by atoms with Crippen molar-refractivity contribution in [3.63, 3.8) is 0 Å².